The highest BCUT2D eigenvalue weighted by atomic mass is 16.5. The molecule has 1 aromatic rings. The van der Waals surface area contributed by atoms with Crippen LogP contribution in [0.1, 0.15) is 44.1 Å². The third-order valence-electron chi connectivity index (χ3n) is 6.02. The number of nitrogens with zero attached hydrogens (tertiary/aromatic N) is 1. The summed E-state index contributed by atoms with van der Waals surface area (Å²) in [4.78, 5) is 12.7. The molecule has 4 heteroatoms. The average Bonchev–Trinajstić information content (AvgIpc) is 2.54. The van der Waals surface area contributed by atoms with Gasteiger partial charge >= 0.3 is 0 Å². The lowest BCUT2D eigenvalue weighted by molar-refractivity contribution is -0.146. The van der Waals surface area contributed by atoms with Crippen LogP contribution in [0, 0.1) is 23.2 Å². The van der Waals surface area contributed by atoms with Crippen LogP contribution in [-0.4, -0.2) is 19.2 Å². The lowest BCUT2D eigenvalue weighted by Crippen LogP contribution is -2.52. The Hall–Kier alpha value is -1.84. The first-order valence-corrected chi connectivity index (χ1v) is 8.64. The molecular weight excluding hydrogens is 288 g/mol. The molecule has 0 saturated heterocycles. The normalized spacial score (nSPS) is 34.7. The van der Waals surface area contributed by atoms with Crippen LogP contribution < -0.4 is 10.2 Å². The van der Waals surface area contributed by atoms with Crippen LogP contribution in [0.25, 0.3) is 0 Å². The van der Waals surface area contributed by atoms with Crippen molar-refractivity contribution in [2.24, 2.45) is 28.3 Å². The van der Waals surface area contributed by atoms with Crippen LogP contribution in [0.4, 0.5) is 0 Å². The molecule has 0 unspecified atom stereocenters. The number of hydrogen-bond acceptors (Lipinski definition) is 3. The predicted octanol–water partition coefficient (Wildman–Crippen LogP) is 3.36. The zero-order chi connectivity index (χ0) is 15.9. The molecule has 0 atom stereocenters. The van der Waals surface area contributed by atoms with Crippen molar-refractivity contribution in [2.45, 2.75) is 38.5 Å². The van der Waals surface area contributed by atoms with Gasteiger partial charge in [0.1, 0.15) is 5.75 Å². The molecule has 4 nitrogen and oxygen atoms in total. The second-order valence-electron chi connectivity index (χ2n) is 7.67. The van der Waals surface area contributed by atoms with Crippen LogP contribution in [0.5, 0.6) is 5.75 Å². The molecule has 0 heterocycles. The highest BCUT2D eigenvalue weighted by Gasteiger charge is 2.54. The van der Waals surface area contributed by atoms with E-state index in [2.05, 4.69) is 10.5 Å². The van der Waals surface area contributed by atoms with Gasteiger partial charge in [0, 0.05) is 0 Å². The van der Waals surface area contributed by atoms with E-state index in [9.17, 15) is 4.79 Å². The third kappa shape index (κ3) is 2.75. The third-order valence-corrected chi connectivity index (χ3v) is 6.02. The van der Waals surface area contributed by atoms with E-state index < -0.39 is 0 Å². The molecule has 1 N–H and O–H groups in total. The first kappa shape index (κ1) is 14.7. The van der Waals surface area contributed by atoms with E-state index in [0.717, 1.165) is 48.3 Å². The first-order valence-electron chi connectivity index (χ1n) is 8.64. The molecule has 0 radical (unpaired) electrons. The molecule has 0 spiro atoms. The molecule has 5 rings (SSSR count). The lowest BCUT2D eigenvalue weighted by Gasteiger charge is -2.55. The quantitative estimate of drug-likeness (QED) is 0.684. The van der Waals surface area contributed by atoms with Gasteiger partial charge in [-0.05, 0) is 86.1 Å². The van der Waals surface area contributed by atoms with Gasteiger partial charge in [-0.2, -0.15) is 5.10 Å². The SMILES string of the molecule is COc1ccc(/C=N/NC(=O)C23CC4CC(CC(C4)C2)C3)cc1. The van der Waals surface area contributed by atoms with E-state index in [4.69, 9.17) is 4.74 Å². The number of carbonyl (C=O) groups is 1. The highest BCUT2D eigenvalue weighted by molar-refractivity contribution is 5.85. The number of methoxy groups -OCH3 is 1. The number of nitrogens with one attached hydrogen (secondary N) is 1. The van der Waals surface area contributed by atoms with Crippen molar-refractivity contribution in [3.63, 3.8) is 0 Å². The van der Waals surface area contributed by atoms with Gasteiger partial charge in [0.15, 0.2) is 0 Å². The standard InChI is InChI=1S/C19H24N2O2/c1-23-17-4-2-13(3-5-17)12-20-21-18(22)19-9-14-6-15(10-19)8-16(7-14)11-19/h2-5,12,14-16H,6-11H2,1H3,(H,21,22)/b20-12+. The molecule has 1 amide bonds. The predicted molar refractivity (Wildman–Crippen MR) is 89.3 cm³/mol. The van der Waals surface area contributed by atoms with E-state index in [-0.39, 0.29) is 11.3 Å². The van der Waals surface area contributed by atoms with Crippen molar-refractivity contribution in [3.8, 4) is 5.75 Å². The van der Waals surface area contributed by atoms with Gasteiger partial charge in [0.25, 0.3) is 0 Å². The molecule has 4 aliphatic carbocycles. The summed E-state index contributed by atoms with van der Waals surface area (Å²) in [5.41, 5.74) is 3.64. The number of rotatable bonds is 4. The topological polar surface area (TPSA) is 50.7 Å². The van der Waals surface area contributed by atoms with Crippen molar-refractivity contribution in [1.29, 1.82) is 0 Å². The largest absolute Gasteiger partial charge is 0.497 e. The molecule has 4 fully saturated rings. The molecule has 4 bridgehead atoms. The number of ether oxygens (including phenoxy) is 1. The Kier molecular flexibility index (Phi) is 3.63. The van der Waals surface area contributed by atoms with Crippen LogP contribution in [0.2, 0.25) is 0 Å². The Balaban J connectivity index is 1.40. The summed E-state index contributed by atoms with van der Waals surface area (Å²) in [6.45, 7) is 0. The second kappa shape index (κ2) is 5.66. The van der Waals surface area contributed by atoms with Crippen LogP contribution in [-0.2, 0) is 4.79 Å². The van der Waals surface area contributed by atoms with Crippen molar-refractivity contribution in [1.82, 2.24) is 5.43 Å². The fourth-order valence-electron chi connectivity index (χ4n) is 5.36. The Morgan fingerprint density at radius 1 is 1.13 bits per heavy atom. The molecule has 4 aliphatic rings. The summed E-state index contributed by atoms with van der Waals surface area (Å²) in [6.07, 6.45) is 8.97. The van der Waals surface area contributed by atoms with Gasteiger partial charge in [-0.15, -0.1) is 0 Å². The number of amides is 1. The van der Waals surface area contributed by atoms with Crippen LogP contribution in [0.3, 0.4) is 0 Å². The van der Waals surface area contributed by atoms with Gasteiger partial charge in [0.2, 0.25) is 5.91 Å². The lowest BCUT2D eigenvalue weighted by atomic mass is 9.49. The summed E-state index contributed by atoms with van der Waals surface area (Å²) in [5, 5.41) is 4.19. The van der Waals surface area contributed by atoms with Gasteiger partial charge < -0.3 is 4.74 Å². The highest BCUT2D eigenvalue weighted by Crippen LogP contribution is 2.60. The van der Waals surface area contributed by atoms with Gasteiger partial charge in [-0.3, -0.25) is 4.79 Å². The Morgan fingerprint density at radius 3 is 2.22 bits per heavy atom. The smallest absolute Gasteiger partial charge is 0.246 e. The van der Waals surface area contributed by atoms with E-state index in [1.165, 1.54) is 19.3 Å². The maximum absolute atomic E-state index is 12.7. The van der Waals surface area contributed by atoms with Crippen LogP contribution >= 0.6 is 0 Å². The van der Waals surface area contributed by atoms with Crippen molar-refractivity contribution < 1.29 is 9.53 Å². The number of hydrazone groups is 1. The summed E-state index contributed by atoms with van der Waals surface area (Å²) in [5.74, 6) is 3.29. The Labute approximate surface area is 137 Å². The molecule has 0 aliphatic heterocycles. The minimum atomic E-state index is -0.133. The van der Waals surface area contributed by atoms with Gasteiger partial charge in [0.05, 0.1) is 18.7 Å². The van der Waals surface area contributed by atoms with E-state index in [1.807, 2.05) is 24.3 Å². The van der Waals surface area contributed by atoms with Crippen LogP contribution in [0.15, 0.2) is 29.4 Å². The molecular formula is C19H24N2O2. The second-order valence-corrected chi connectivity index (χ2v) is 7.67. The molecule has 122 valence electrons. The minimum Gasteiger partial charge on any atom is -0.497 e. The van der Waals surface area contributed by atoms with E-state index in [1.54, 1.807) is 13.3 Å². The Bertz CT molecular complexity index is 585. The van der Waals surface area contributed by atoms with Crippen molar-refractivity contribution in [2.75, 3.05) is 7.11 Å². The zero-order valence-electron chi connectivity index (χ0n) is 13.6. The van der Waals surface area contributed by atoms with E-state index in [0.29, 0.717) is 0 Å². The minimum absolute atomic E-state index is 0.133. The van der Waals surface area contributed by atoms with Crippen molar-refractivity contribution in [3.05, 3.63) is 29.8 Å². The maximum atomic E-state index is 12.7. The number of benzene rings is 1. The van der Waals surface area contributed by atoms with E-state index >= 15 is 0 Å². The molecule has 23 heavy (non-hydrogen) atoms. The Morgan fingerprint density at radius 2 is 1.70 bits per heavy atom. The number of hydrogen-bond donors (Lipinski definition) is 1. The maximum Gasteiger partial charge on any atom is 0.246 e. The number of carbonyl (C=O) groups excluding carboxylic acids is 1. The fourth-order valence-corrected chi connectivity index (χ4v) is 5.36. The molecule has 4 saturated carbocycles. The average molecular weight is 312 g/mol. The monoisotopic (exact) mass is 312 g/mol. The van der Waals surface area contributed by atoms with Gasteiger partial charge in [-0.1, -0.05) is 0 Å². The zero-order valence-corrected chi connectivity index (χ0v) is 13.6. The van der Waals surface area contributed by atoms with Gasteiger partial charge in [-0.25, -0.2) is 5.43 Å². The summed E-state index contributed by atoms with van der Waals surface area (Å²) in [7, 11) is 1.65. The first-order chi connectivity index (χ1) is 11.2. The summed E-state index contributed by atoms with van der Waals surface area (Å²) in [6, 6.07) is 7.64. The molecule has 0 aromatic heterocycles. The summed E-state index contributed by atoms with van der Waals surface area (Å²) < 4.78 is 5.14. The van der Waals surface area contributed by atoms with Crippen molar-refractivity contribution >= 4 is 12.1 Å². The summed E-state index contributed by atoms with van der Waals surface area (Å²) >= 11 is 0. The molecule has 1 aromatic carbocycles. The fraction of sp³-hybridized carbons (Fsp3) is 0.579.